The molecule has 3 heteroatoms. The number of rotatable bonds is 0. The van der Waals surface area contributed by atoms with E-state index in [4.69, 9.17) is 0 Å². The van der Waals surface area contributed by atoms with Gasteiger partial charge in [0, 0.05) is 0 Å². The van der Waals surface area contributed by atoms with Crippen LogP contribution in [0.15, 0.2) is 24.3 Å². The summed E-state index contributed by atoms with van der Waals surface area (Å²) in [6.45, 7) is 2.06. The molecule has 52 valence electrons. The number of hydrogen-bond acceptors (Lipinski definition) is 0. The fourth-order valence-electron chi connectivity index (χ4n) is 0.470. The Morgan fingerprint density at radius 3 is 1.80 bits per heavy atom. The van der Waals surface area contributed by atoms with Crippen molar-refractivity contribution < 1.29 is 4.70 Å². The molecule has 0 amide bonds. The van der Waals surface area contributed by atoms with Crippen molar-refractivity contribution in [1.82, 2.24) is 0 Å². The van der Waals surface area contributed by atoms with Crippen LogP contribution in [0.4, 0.5) is 0 Å². The molecule has 0 aliphatic heterocycles. The third kappa shape index (κ3) is 6.52. The van der Waals surface area contributed by atoms with Gasteiger partial charge in [-0.05, 0) is 0 Å². The normalized spacial score (nSPS) is 6.10. The van der Waals surface area contributed by atoms with Gasteiger partial charge in [-0.25, -0.2) is 0 Å². The van der Waals surface area contributed by atoms with E-state index in [9.17, 15) is 0 Å². The summed E-state index contributed by atoms with van der Waals surface area (Å²) in [5.74, 6) is 0. The van der Waals surface area contributed by atoms with Crippen molar-refractivity contribution in [2.24, 2.45) is 0 Å². The van der Waals surface area contributed by atoms with Gasteiger partial charge in [0.15, 0.2) is 0 Å². The molecular formula is C7H8BrFMg. The number of halogens is 2. The molecule has 0 saturated carbocycles. The summed E-state index contributed by atoms with van der Waals surface area (Å²) in [5.41, 5.74) is 1.29. The van der Waals surface area contributed by atoms with Crippen molar-refractivity contribution in [2.45, 2.75) is 6.92 Å². The van der Waals surface area contributed by atoms with Crippen LogP contribution in [0.25, 0.3) is 0 Å². The van der Waals surface area contributed by atoms with E-state index in [1.165, 1.54) is 5.56 Å². The van der Waals surface area contributed by atoms with Crippen LogP contribution in [-0.2, 0) is 0 Å². The zero-order valence-corrected chi connectivity index (χ0v) is 8.93. The monoisotopic (exact) mass is 214 g/mol. The van der Waals surface area contributed by atoms with Gasteiger partial charge in [-0.2, -0.15) is 35.9 Å². The summed E-state index contributed by atoms with van der Waals surface area (Å²) in [4.78, 5) is 0. The first kappa shape index (κ1) is 16.8. The van der Waals surface area contributed by atoms with Gasteiger partial charge in [-0.1, -0.05) is 6.92 Å². The van der Waals surface area contributed by atoms with E-state index in [0.717, 1.165) is 0 Å². The van der Waals surface area contributed by atoms with Crippen molar-refractivity contribution in [3.8, 4) is 0 Å². The summed E-state index contributed by atoms with van der Waals surface area (Å²) >= 11 is 0. The zero-order chi connectivity index (χ0) is 5.11. The third-order valence-corrected chi connectivity index (χ3v) is 0.885. The second-order valence-electron chi connectivity index (χ2n) is 1.58. The minimum Gasteiger partial charge on any atom is -1.00 e. The predicted molar refractivity (Wildman–Crippen MR) is 46.1 cm³/mol. The topological polar surface area (TPSA) is 0 Å². The number of hydrogen-bond donors (Lipinski definition) is 0. The Balaban J connectivity index is -0.000000163. The van der Waals surface area contributed by atoms with Gasteiger partial charge in [0.25, 0.3) is 0 Å². The molecule has 0 aliphatic carbocycles. The summed E-state index contributed by atoms with van der Waals surface area (Å²) in [6, 6.07) is 10.8. The average Bonchev–Trinajstić information content (AvgIpc) is 1.69. The van der Waals surface area contributed by atoms with Crippen molar-refractivity contribution in [3.05, 3.63) is 35.9 Å². The van der Waals surface area contributed by atoms with E-state index in [2.05, 4.69) is 13.0 Å². The van der Waals surface area contributed by atoms with Crippen LogP contribution in [0.3, 0.4) is 0 Å². The minimum absolute atomic E-state index is 0. The second-order valence-corrected chi connectivity index (χ2v) is 1.58. The second kappa shape index (κ2) is 9.40. The van der Waals surface area contributed by atoms with Crippen LogP contribution in [0, 0.1) is 13.0 Å². The SMILES string of the molecule is Br.Cc1cc[c-]cc1.[F-].[Mg+2]. The zero-order valence-electron chi connectivity index (χ0n) is 5.80. The predicted octanol–water partition coefficient (Wildman–Crippen LogP) is -1.00. The molecule has 0 aromatic heterocycles. The Hall–Kier alpha value is 0.396. The van der Waals surface area contributed by atoms with Crippen LogP contribution in [-0.4, -0.2) is 23.1 Å². The first-order valence-electron chi connectivity index (χ1n) is 2.32. The van der Waals surface area contributed by atoms with E-state index in [0.29, 0.717) is 0 Å². The van der Waals surface area contributed by atoms with Crippen LogP contribution in [0.2, 0.25) is 0 Å². The molecule has 1 rings (SSSR count). The summed E-state index contributed by atoms with van der Waals surface area (Å²) < 4.78 is 0. The molecule has 0 unspecified atom stereocenters. The minimum atomic E-state index is 0. The first-order valence-corrected chi connectivity index (χ1v) is 2.32. The van der Waals surface area contributed by atoms with Gasteiger partial charge in [0.1, 0.15) is 0 Å². The first-order chi connectivity index (χ1) is 3.39. The van der Waals surface area contributed by atoms with Crippen molar-refractivity contribution in [1.29, 1.82) is 0 Å². The Morgan fingerprint density at radius 1 is 1.20 bits per heavy atom. The molecule has 0 saturated heterocycles. The molecule has 0 N–H and O–H groups in total. The Labute approximate surface area is 87.3 Å². The largest absolute Gasteiger partial charge is 2.00 e. The maximum absolute atomic E-state index is 2.93. The maximum Gasteiger partial charge on any atom is 2.00 e. The van der Waals surface area contributed by atoms with E-state index >= 15 is 0 Å². The number of aryl methyl sites for hydroxylation is 1. The van der Waals surface area contributed by atoms with E-state index in [-0.39, 0.29) is 44.7 Å². The molecule has 0 heterocycles. The van der Waals surface area contributed by atoms with Gasteiger partial charge in [-0.15, -0.1) is 17.0 Å². The number of benzene rings is 1. The molecule has 1 aromatic carbocycles. The van der Waals surface area contributed by atoms with Gasteiger partial charge in [-0.3, -0.25) is 0 Å². The van der Waals surface area contributed by atoms with Crippen molar-refractivity contribution in [2.75, 3.05) is 0 Å². The fraction of sp³-hybridized carbons (Fsp3) is 0.143. The van der Waals surface area contributed by atoms with Gasteiger partial charge in [0.05, 0.1) is 0 Å². The molecular weight excluding hydrogens is 207 g/mol. The van der Waals surface area contributed by atoms with Crippen LogP contribution in [0.1, 0.15) is 5.56 Å². The molecule has 1 aromatic rings. The van der Waals surface area contributed by atoms with Crippen molar-refractivity contribution >= 4 is 40.0 Å². The molecule has 0 radical (unpaired) electrons. The average molecular weight is 215 g/mol. The quantitative estimate of drug-likeness (QED) is 0.384. The standard InChI is InChI=1S/C7H7.BrH.FH.Mg/c1-7-5-3-2-4-6-7;;;/h3-6H,1H3;2*1H;/q-1;;;+2/p-1. The summed E-state index contributed by atoms with van der Waals surface area (Å²) in [7, 11) is 0. The summed E-state index contributed by atoms with van der Waals surface area (Å²) in [6.07, 6.45) is 0. The molecule has 0 aliphatic rings. The maximum atomic E-state index is 2.93. The molecule has 0 spiro atoms. The Morgan fingerprint density at radius 2 is 1.60 bits per heavy atom. The van der Waals surface area contributed by atoms with Crippen LogP contribution in [0.5, 0.6) is 0 Å². The van der Waals surface area contributed by atoms with E-state index in [1.807, 2.05) is 24.3 Å². The summed E-state index contributed by atoms with van der Waals surface area (Å²) in [5, 5.41) is 0. The Bertz CT molecular complexity index is 144. The van der Waals surface area contributed by atoms with Crippen LogP contribution >= 0.6 is 17.0 Å². The van der Waals surface area contributed by atoms with E-state index < -0.39 is 0 Å². The van der Waals surface area contributed by atoms with Gasteiger partial charge < -0.3 is 4.70 Å². The van der Waals surface area contributed by atoms with Gasteiger partial charge in [0.2, 0.25) is 0 Å². The molecule has 0 atom stereocenters. The fourth-order valence-corrected chi connectivity index (χ4v) is 0.470. The Kier molecular flexibility index (Phi) is 15.8. The third-order valence-electron chi connectivity index (χ3n) is 0.885. The molecule has 10 heavy (non-hydrogen) atoms. The van der Waals surface area contributed by atoms with Crippen molar-refractivity contribution in [3.63, 3.8) is 0 Å². The molecule has 0 nitrogen and oxygen atoms in total. The molecule has 0 fully saturated rings. The molecule has 0 bridgehead atoms. The van der Waals surface area contributed by atoms with Gasteiger partial charge >= 0.3 is 23.1 Å². The van der Waals surface area contributed by atoms with Crippen LogP contribution < -0.4 is 4.70 Å². The smallest absolute Gasteiger partial charge is 1.00 e. The van der Waals surface area contributed by atoms with E-state index in [1.54, 1.807) is 0 Å².